The number of rotatable bonds is 1. The van der Waals surface area contributed by atoms with Crippen molar-refractivity contribution >= 4 is 22.6 Å². The lowest BCUT2D eigenvalue weighted by Crippen LogP contribution is -2.04. The number of hydrogen-bond donors (Lipinski definition) is 1. The molecule has 0 spiro atoms. The summed E-state index contributed by atoms with van der Waals surface area (Å²) in [5.74, 6) is 0.843. The highest BCUT2D eigenvalue weighted by Gasteiger charge is 2.15. The largest absolute Gasteiger partial charge is 0.459 e. The lowest BCUT2D eigenvalue weighted by atomic mass is 10.1. The Balaban J connectivity index is 2.82. The van der Waals surface area contributed by atoms with Crippen LogP contribution in [0.1, 0.15) is 29.9 Å². The lowest BCUT2D eigenvalue weighted by Gasteiger charge is -2.00. The normalized spacial score (nSPS) is 13.4. The molecule has 0 aliphatic heterocycles. The maximum atomic E-state index is 6.01. The Morgan fingerprint density at radius 1 is 1.33 bits per heavy atom. The Kier molecular flexibility index (Phi) is 2.49. The van der Waals surface area contributed by atoms with E-state index in [1.807, 2.05) is 32.9 Å². The van der Waals surface area contributed by atoms with Gasteiger partial charge in [-0.25, -0.2) is 0 Å². The summed E-state index contributed by atoms with van der Waals surface area (Å²) in [4.78, 5) is 0. The number of nitrogens with two attached hydrogens (primary N) is 1. The third-order valence-corrected chi connectivity index (χ3v) is 2.86. The van der Waals surface area contributed by atoms with E-state index in [-0.39, 0.29) is 6.04 Å². The fourth-order valence-electron chi connectivity index (χ4n) is 1.90. The van der Waals surface area contributed by atoms with Crippen molar-refractivity contribution in [2.45, 2.75) is 26.8 Å². The van der Waals surface area contributed by atoms with E-state index < -0.39 is 0 Å². The first-order chi connectivity index (χ1) is 7.00. The zero-order valence-electron chi connectivity index (χ0n) is 9.10. The Bertz CT molecular complexity index is 514. The van der Waals surface area contributed by atoms with Gasteiger partial charge in [-0.3, -0.25) is 0 Å². The molecule has 0 fully saturated rings. The SMILES string of the molecule is Cc1c(C(C)N)oc2c(C)cc(Cl)cc12. The molecule has 2 rings (SSSR count). The predicted molar refractivity (Wildman–Crippen MR) is 63.3 cm³/mol. The second-order valence-electron chi connectivity index (χ2n) is 3.98. The topological polar surface area (TPSA) is 39.2 Å². The van der Waals surface area contributed by atoms with Gasteiger partial charge < -0.3 is 10.2 Å². The molecule has 3 heteroatoms. The molecule has 1 heterocycles. The molecule has 0 saturated carbocycles. The van der Waals surface area contributed by atoms with Gasteiger partial charge in [0.1, 0.15) is 11.3 Å². The summed E-state index contributed by atoms with van der Waals surface area (Å²) in [6.07, 6.45) is 0. The highest BCUT2D eigenvalue weighted by molar-refractivity contribution is 6.31. The molecule has 1 atom stereocenters. The van der Waals surface area contributed by atoms with E-state index in [2.05, 4.69) is 0 Å². The van der Waals surface area contributed by atoms with Crippen molar-refractivity contribution in [2.24, 2.45) is 5.73 Å². The van der Waals surface area contributed by atoms with Crippen LogP contribution in [0.25, 0.3) is 11.0 Å². The van der Waals surface area contributed by atoms with Crippen molar-refractivity contribution in [1.82, 2.24) is 0 Å². The summed E-state index contributed by atoms with van der Waals surface area (Å²) in [5, 5.41) is 1.80. The molecule has 0 radical (unpaired) electrons. The van der Waals surface area contributed by atoms with Gasteiger partial charge in [0.2, 0.25) is 0 Å². The molecule has 0 amide bonds. The maximum Gasteiger partial charge on any atom is 0.137 e. The summed E-state index contributed by atoms with van der Waals surface area (Å²) < 4.78 is 5.76. The summed E-state index contributed by atoms with van der Waals surface area (Å²) >= 11 is 6.01. The number of hydrogen-bond acceptors (Lipinski definition) is 2. The Hall–Kier alpha value is -0.990. The first kappa shape index (κ1) is 10.5. The van der Waals surface area contributed by atoms with Gasteiger partial charge in [0.15, 0.2) is 0 Å². The average molecular weight is 224 g/mol. The van der Waals surface area contributed by atoms with Crippen LogP contribution < -0.4 is 5.73 Å². The number of furan rings is 1. The highest BCUT2D eigenvalue weighted by Crippen LogP contribution is 2.32. The van der Waals surface area contributed by atoms with Crippen molar-refractivity contribution in [3.63, 3.8) is 0 Å². The molecule has 80 valence electrons. The summed E-state index contributed by atoms with van der Waals surface area (Å²) in [6, 6.07) is 3.74. The molecule has 1 unspecified atom stereocenters. The number of fused-ring (bicyclic) bond motifs is 1. The smallest absolute Gasteiger partial charge is 0.137 e. The van der Waals surface area contributed by atoms with Gasteiger partial charge in [0, 0.05) is 16.0 Å². The summed E-state index contributed by atoms with van der Waals surface area (Å²) in [6.45, 7) is 5.92. The average Bonchev–Trinajstić information content (AvgIpc) is 2.44. The van der Waals surface area contributed by atoms with Crippen LogP contribution in [0.2, 0.25) is 5.02 Å². The van der Waals surface area contributed by atoms with Gasteiger partial charge in [-0.1, -0.05) is 11.6 Å². The number of halogens is 1. The first-order valence-corrected chi connectivity index (χ1v) is 5.33. The van der Waals surface area contributed by atoms with E-state index in [0.29, 0.717) is 0 Å². The molecule has 0 aliphatic rings. The van der Waals surface area contributed by atoms with Gasteiger partial charge in [0.25, 0.3) is 0 Å². The van der Waals surface area contributed by atoms with Gasteiger partial charge >= 0.3 is 0 Å². The molecule has 1 aromatic heterocycles. The molecule has 2 nitrogen and oxygen atoms in total. The van der Waals surface area contributed by atoms with Crippen LogP contribution in [0.4, 0.5) is 0 Å². The van der Waals surface area contributed by atoms with Gasteiger partial charge in [-0.15, -0.1) is 0 Å². The van der Waals surface area contributed by atoms with Crippen LogP contribution in [-0.2, 0) is 0 Å². The third kappa shape index (κ3) is 1.64. The molecular formula is C12H14ClNO. The van der Waals surface area contributed by atoms with Crippen LogP contribution in [0.5, 0.6) is 0 Å². The van der Waals surface area contributed by atoms with Gasteiger partial charge in [-0.05, 0) is 38.5 Å². The quantitative estimate of drug-likeness (QED) is 0.800. The predicted octanol–water partition coefficient (Wildman–Crippen LogP) is 3.72. The van der Waals surface area contributed by atoms with E-state index >= 15 is 0 Å². The molecule has 15 heavy (non-hydrogen) atoms. The number of aryl methyl sites for hydroxylation is 2. The fraction of sp³-hybridized carbons (Fsp3) is 0.333. The first-order valence-electron chi connectivity index (χ1n) is 4.95. The molecule has 2 aromatic rings. The van der Waals surface area contributed by atoms with Crippen LogP contribution in [-0.4, -0.2) is 0 Å². The second kappa shape index (κ2) is 3.54. The molecule has 2 N–H and O–H groups in total. The van der Waals surface area contributed by atoms with E-state index in [1.54, 1.807) is 0 Å². The van der Waals surface area contributed by atoms with Crippen LogP contribution in [0.15, 0.2) is 16.5 Å². The van der Waals surface area contributed by atoms with Crippen molar-refractivity contribution < 1.29 is 4.42 Å². The molecule has 0 bridgehead atoms. The number of benzene rings is 1. The highest BCUT2D eigenvalue weighted by atomic mass is 35.5. The van der Waals surface area contributed by atoms with Crippen molar-refractivity contribution in [3.8, 4) is 0 Å². The lowest BCUT2D eigenvalue weighted by molar-refractivity contribution is 0.508. The van der Waals surface area contributed by atoms with Gasteiger partial charge in [-0.2, -0.15) is 0 Å². The Morgan fingerprint density at radius 2 is 2.00 bits per heavy atom. The van der Waals surface area contributed by atoms with E-state index in [1.165, 1.54) is 0 Å². The molecule has 0 aliphatic carbocycles. The Labute approximate surface area is 94.0 Å². The summed E-state index contributed by atoms with van der Waals surface area (Å²) in [5.41, 5.74) is 8.87. The van der Waals surface area contributed by atoms with E-state index in [0.717, 1.165) is 32.9 Å². The third-order valence-electron chi connectivity index (χ3n) is 2.64. The zero-order chi connectivity index (χ0) is 11.2. The van der Waals surface area contributed by atoms with E-state index in [9.17, 15) is 0 Å². The minimum absolute atomic E-state index is 0.0874. The minimum atomic E-state index is -0.0874. The second-order valence-corrected chi connectivity index (χ2v) is 4.42. The molecule has 1 aromatic carbocycles. The van der Waals surface area contributed by atoms with Crippen molar-refractivity contribution in [2.75, 3.05) is 0 Å². The molecule has 0 saturated heterocycles. The fourth-order valence-corrected chi connectivity index (χ4v) is 2.17. The van der Waals surface area contributed by atoms with Crippen molar-refractivity contribution in [3.05, 3.63) is 34.0 Å². The van der Waals surface area contributed by atoms with Crippen LogP contribution in [0.3, 0.4) is 0 Å². The summed E-state index contributed by atoms with van der Waals surface area (Å²) in [7, 11) is 0. The van der Waals surface area contributed by atoms with Crippen molar-refractivity contribution in [1.29, 1.82) is 0 Å². The monoisotopic (exact) mass is 223 g/mol. The Morgan fingerprint density at radius 3 is 2.60 bits per heavy atom. The maximum absolute atomic E-state index is 6.01. The standard InChI is InChI=1S/C12H14ClNO/c1-6-4-9(13)5-10-7(2)12(8(3)14)15-11(6)10/h4-5,8H,14H2,1-3H3. The van der Waals surface area contributed by atoms with Crippen LogP contribution >= 0.6 is 11.6 Å². The van der Waals surface area contributed by atoms with Gasteiger partial charge in [0.05, 0.1) is 6.04 Å². The minimum Gasteiger partial charge on any atom is -0.459 e. The van der Waals surface area contributed by atoms with Crippen LogP contribution in [0, 0.1) is 13.8 Å². The van der Waals surface area contributed by atoms with E-state index in [4.69, 9.17) is 21.8 Å². The molecular weight excluding hydrogens is 210 g/mol. The zero-order valence-corrected chi connectivity index (χ0v) is 9.85.